The van der Waals surface area contributed by atoms with Crippen molar-refractivity contribution in [2.45, 2.75) is 13.0 Å². The summed E-state index contributed by atoms with van der Waals surface area (Å²) in [5.74, 6) is 0. The zero-order chi connectivity index (χ0) is 16.9. The van der Waals surface area contributed by atoms with E-state index in [1.807, 2.05) is 18.3 Å². The Morgan fingerprint density at radius 2 is 1.50 bits per heavy atom. The molecule has 3 rings (SSSR count). The minimum atomic E-state index is 0.0984. The third-order valence-electron chi connectivity index (χ3n) is 3.88. The molecule has 0 amide bonds. The highest BCUT2D eigenvalue weighted by Gasteiger charge is 2.07. The molecule has 0 radical (unpaired) electrons. The van der Waals surface area contributed by atoms with Gasteiger partial charge in [-0.05, 0) is 41.3 Å². The van der Waals surface area contributed by atoms with Crippen LogP contribution in [0.1, 0.15) is 24.1 Å². The van der Waals surface area contributed by atoms with Gasteiger partial charge in [-0.1, -0.05) is 92.5 Å². The quantitative estimate of drug-likeness (QED) is 0.383. The first-order valence-corrected chi connectivity index (χ1v) is 9.36. The Hall–Kier alpha value is -1.71. The summed E-state index contributed by atoms with van der Waals surface area (Å²) in [5, 5.41) is 0. The van der Waals surface area contributed by atoms with Crippen molar-refractivity contribution < 1.29 is 0 Å². The van der Waals surface area contributed by atoms with Crippen LogP contribution in [0.15, 0.2) is 86.7 Å². The topological polar surface area (TPSA) is 12.4 Å². The van der Waals surface area contributed by atoms with E-state index in [1.165, 1.54) is 16.7 Å². The number of benzene rings is 3. The Morgan fingerprint density at radius 1 is 0.833 bits per heavy atom. The van der Waals surface area contributed by atoms with E-state index in [-0.39, 0.29) is 6.04 Å². The third kappa shape index (κ3) is 4.22. The summed E-state index contributed by atoms with van der Waals surface area (Å²) in [6, 6.07) is 25.2. The fourth-order valence-electron chi connectivity index (χ4n) is 2.51. The Morgan fingerprint density at radius 3 is 2.17 bits per heavy atom. The lowest BCUT2D eigenvalue weighted by Gasteiger charge is -2.09. The molecule has 0 N–H and O–H groups in total. The first-order chi connectivity index (χ1) is 11.6. The molecule has 0 aliphatic heterocycles. The minimum absolute atomic E-state index is 0.0984. The third-order valence-corrected chi connectivity index (χ3v) is 5.06. The smallest absolute Gasteiger partial charge is 0.0731 e. The number of hydrogen-bond donors (Lipinski definition) is 0. The first kappa shape index (κ1) is 17.1. The van der Waals surface area contributed by atoms with Crippen LogP contribution in [0.2, 0.25) is 0 Å². The van der Waals surface area contributed by atoms with Gasteiger partial charge >= 0.3 is 0 Å². The number of halogens is 2. The molecule has 1 nitrogen and oxygen atoms in total. The van der Waals surface area contributed by atoms with Gasteiger partial charge in [-0.2, -0.15) is 0 Å². The summed E-state index contributed by atoms with van der Waals surface area (Å²) in [6.07, 6.45) is 1.94. The summed E-state index contributed by atoms with van der Waals surface area (Å²) in [7, 11) is 0. The maximum Gasteiger partial charge on any atom is 0.0731 e. The molecule has 0 spiro atoms. The Balaban J connectivity index is 1.74. The molecule has 0 heterocycles. The monoisotopic (exact) mass is 441 g/mol. The predicted molar refractivity (Wildman–Crippen MR) is 110 cm³/mol. The zero-order valence-electron chi connectivity index (χ0n) is 13.3. The predicted octanol–water partition coefficient (Wildman–Crippen LogP) is 7.06. The van der Waals surface area contributed by atoms with E-state index in [0.29, 0.717) is 0 Å². The normalized spacial score (nSPS) is 12.5. The molecular weight excluding hydrogens is 426 g/mol. The van der Waals surface area contributed by atoms with Crippen LogP contribution in [0.3, 0.4) is 0 Å². The molecule has 0 aromatic heterocycles. The van der Waals surface area contributed by atoms with Crippen LogP contribution in [0.25, 0.3) is 11.1 Å². The van der Waals surface area contributed by atoms with E-state index in [2.05, 4.69) is 104 Å². The maximum atomic E-state index is 4.69. The molecule has 120 valence electrons. The molecule has 3 aromatic rings. The van der Waals surface area contributed by atoms with E-state index < -0.39 is 0 Å². The van der Waals surface area contributed by atoms with E-state index in [4.69, 9.17) is 0 Å². The number of aliphatic imine (C=N–C) groups is 1. The molecule has 1 unspecified atom stereocenters. The number of nitrogens with zero attached hydrogens (tertiary/aromatic N) is 1. The van der Waals surface area contributed by atoms with Gasteiger partial charge in [0, 0.05) is 15.2 Å². The molecule has 0 saturated heterocycles. The molecule has 1 atom stereocenters. The average molecular weight is 443 g/mol. The Bertz CT molecular complexity index is 839. The van der Waals surface area contributed by atoms with E-state index in [0.717, 1.165) is 14.5 Å². The second kappa shape index (κ2) is 7.91. The van der Waals surface area contributed by atoms with Gasteiger partial charge in [-0.25, -0.2) is 0 Å². The molecule has 0 saturated carbocycles. The largest absolute Gasteiger partial charge is 0.285 e. The second-order valence-corrected chi connectivity index (χ2v) is 7.38. The fraction of sp³-hybridized carbons (Fsp3) is 0.0952. The van der Waals surface area contributed by atoms with Crippen molar-refractivity contribution in [3.05, 3.63) is 92.9 Å². The SMILES string of the molecule is CC(/N=C\c1ccc(-c2ccccc2)cc1)c1ccc(Br)cc1Br. The standard InChI is InChI=1S/C21H17Br2N/c1-15(20-12-11-19(22)13-21(20)23)24-14-16-7-9-18(10-8-16)17-5-3-2-4-6-17/h2-15H,1H3/b24-14-. The molecule has 0 aliphatic rings. The van der Waals surface area contributed by atoms with Crippen LogP contribution in [-0.2, 0) is 0 Å². The molecular formula is C21H17Br2N. The molecule has 3 heteroatoms. The van der Waals surface area contributed by atoms with Crippen LogP contribution in [0, 0.1) is 0 Å². The minimum Gasteiger partial charge on any atom is -0.285 e. The molecule has 0 aliphatic carbocycles. The van der Waals surface area contributed by atoms with Gasteiger partial charge in [0.1, 0.15) is 0 Å². The lowest BCUT2D eigenvalue weighted by atomic mass is 10.0. The van der Waals surface area contributed by atoms with Gasteiger partial charge in [0.15, 0.2) is 0 Å². The highest BCUT2D eigenvalue weighted by Crippen LogP contribution is 2.28. The van der Waals surface area contributed by atoms with Gasteiger partial charge in [0.2, 0.25) is 0 Å². The molecule has 0 fully saturated rings. The van der Waals surface area contributed by atoms with Crippen molar-refractivity contribution in [2.24, 2.45) is 4.99 Å². The highest BCUT2D eigenvalue weighted by atomic mass is 79.9. The van der Waals surface area contributed by atoms with Gasteiger partial charge in [0.25, 0.3) is 0 Å². The van der Waals surface area contributed by atoms with Crippen LogP contribution in [0.4, 0.5) is 0 Å². The maximum absolute atomic E-state index is 4.69. The number of rotatable bonds is 4. The van der Waals surface area contributed by atoms with Crippen LogP contribution >= 0.6 is 31.9 Å². The van der Waals surface area contributed by atoms with Gasteiger partial charge in [-0.15, -0.1) is 0 Å². The number of hydrogen-bond acceptors (Lipinski definition) is 1. The van der Waals surface area contributed by atoms with E-state index >= 15 is 0 Å². The van der Waals surface area contributed by atoms with Crippen molar-refractivity contribution in [3.8, 4) is 11.1 Å². The summed E-state index contributed by atoms with van der Waals surface area (Å²) in [4.78, 5) is 4.69. The molecule has 24 heavy (non-hydrogen) atoms. The van der Waals surface area contributed by atoms with Crippen LogP contribution in [-0.4, -0.2) is 6.21 Å². The average Bonchev–Trinajstić information content (AvgIpc) is 2.61. The van der Waals surface area contributed by atoms with Crippen molar-refractivity contribution in [1.29, 1.82) is 0 Å². The van der Waals surface area contributed by atoms with Crippen molar-refractivity contribution >= 4 is 38.1 Å². The Kier molecular flexibility index (Phi) is 5.64. The van der Waals surface area contributed by atoms with Crippen molar-refractivity contribution in [2.75, 3.05) is 0 Å². The molecule has 3 aromatic carbocycles. The van der Waals surface area contributed by atoms with Crippen molar-refractivity contribution in [1.82, 2.24) is 0 Å². The lowest BCUT2D eigenvalue weighted by molar-refractivity contribution is 0.820. The first-order valence-electron chi connectivity index (χ1n) is 7.77. The summed E-state index contributed by atoms with van der Waals surface area (Å²) < 4.78 is 2.13. The second-order valence-electron chi connectivity index (χ2n) is 5.61. The summed E-state index contributed by atoms with van der Waals surface area (Å²) in [5.41, 5.74) is 4.73. The van der Waals surface area contributed by atoms with E-state index in [1.54, 1.807) is 0 Å². The fourth-order valence-corrected chi connectivity index (χ4v) is 3.89. The zero-order valence-corrected chi connectivity index (χ0v) is 16.5. The van der Waals surface area contributed by atoms with Gasteiger partial charge < -0.3 is 0 Å². The lowest BCUT2D eigenvalue weighted by Crippen LogP contribution is -1.93. The summed E-state index contributed by atoms with van der Waals surface area (Å²) in [6.45, 7) is 2.10. The highest BCUT2D eigenvalue weighted by molar-refractivity contribution is 9.11. The van der Waals surface area contributed by atoms with Crippen LogP contribution in [0.5, 0.6) is 0 Å². The van der Waals surface area contributed by atoms with Crippen LogP contribution < -0.4 is 0 Å². The molecule has 0 bridgehead atoms. The van der Waals surface area contributed by atoms with Gasteiger partial charge in [-0.3, -0.25) is 4.99 Å². The summed E-state index contributed by atoms with van der Waals surface area (Å²) >= 11 is 7.08. The van der Waals surface area contributed by atoms with Gasteiger partial charge in [0.05, 0.1) is 6.04 Å². The van der Waals surface area contributed by atoms with Crippen molar-refractivity contribution in [3.63, 3.8) is 0 Å². The van der Waals surface area contributed by atoms with E-state index in [9.17, 15) is 0 Å². The Labute approximate surface area is 159 Å².